The average Bonchev–Trinajstić information content (AvgIpc) is 2.36. The molecule has 1 N–H and O–H groups in total. The Hall–Kier alpha value is -2.24. The minimum Gasteiger partial charge on any atom is -0.493 e. The van der Waals surface area contributed by atoms with Gasteiger partial charge >= 0.3 is 6.01 Å². The lowest BCUT2D eigenvalue weighted by Gasteiger charge is -2.12. The van der Waals surface area contributed by atoms with Gasteiger partial charge in [-0.2, -0.15) is 9.97 Å². The maximum atomic E-state index is 9.36. The first kappa shape index (κ1) is 11.3. The van der Waals surface area contributed by atoms with E-state index < -0.39 is 0 Å². The third-order valence-corrected chi connectivity index (χ3v) is 2.35. The van der Waals surface area contributed by atoms with Crippen molar-refractivity contribution in [2.24, 2.45) is 0 Å². The molecular formula is C11H12N2O4. The zero-order valence-electron chi connectivity index (χ0n) is 9.72. The van der Waals surface area contributed by atoms with Crippen LogP contribution in [0.4, 0.5) is 0 Å². The first-order valence-corrected chi connectivity index (χ1v) is 4.87. The Morgan fingerprint density at radius 2 is 1.76 bits per heavy atom. The molecule has 0 aliphatic heterocycles. The van der Waals surface area contributed by atoms with Crippen molar-refractivity contribution in [3.05, 3.63) is 12.1 Å². The highest BCUT2D eigenvalue weighted by Crippen LogP contribution is 2.39. The molecule has 90 valence electrons. The van der Waals surface area contributed by atoms with Gasteiger partial charge in [-0.1, -0.05) is 0 Å². The summed E-state index contributed by atoms with van der Waals surface area (Å²) in [7, 11) is 4.52. The molecule has 0 fully saturated rings. The second-order valence-corrected chi connectivity index (χ2v) is 3.23. The second kappa shape index (κ2) is 4.32. The number of aromatic hydroxyl groups is 1. The normalized spacial score (nSPS) is 10.3. The van der Waals surface area contributed by atoms with Crippen molar-refractivity contribution in [2.45, 2.75) is 0 Å². The van der Waals surface area contributed by atoms with Gasteiger partial charge in [0.05, 0.1) is 26.8 Å². The van der Waals surface area contributed by atoms with Crippen LogP contribution in [0.1, 0.15) is 0 Å². The molecule has 0 aliphatic carbocycles. The molecule has 0 aliphatic rings. The van der Waals surface area contributed by atoms with Crippen molar-refractivity contribution in [3.8, 4) is 23.4 Å². The highest BCUT2D eigenvalue weighted by Gasteiger charge is 2.16. The number of fused-ring (bicyclic) bond motifs is 1. The Morgan fingerprint density at radius 1 is 1.00 bits per heavy atom. The highest BCUT2D eigenvalue weighted by atomic mass is 16.5. The van der Waals surface area contributed by atoms with E-state index in [1.54, 1.807) is 12.1 Å². The summed E-state index contributed by atoms with van der Waals surface area (Å²) in [6.07, 6.45) is 0. The van der Waals surface area contributed by atoms with Gasteiger partial charge in [-0.15, -0.1) is 0 Å². The van der Waals surface area contributed by atoms with E-state index in [9.17, 15) is 5.11 Å². The molecule has 0 saturated carbocycles. The lowest BCUT2D eigenvalue weighted by Crippen LogP contribution is -1.97. The van der Waals surface area contributed by atoms with Crippen molar-refractivity contribution in [2.75, 3.05) is 21.3 Å². The molecule has 0 radical (unpaired) electrons. The minimum absolute atomic E-state index is 0.239. The average molecular weight is 236 g/mol. The number of methoxy groups -OCH3 is 3. The molecule has 6 nitrogen and oxygen atoms in total. The number of hydrogen-bond donors (Lipinski definition) is 1. The van der Waals surface area contributed by atoms with Crippen LogP contribution >= 0.6 is 0 Å². The van der Waals surface area contributed by atoms with E-state index in [0.29, 0.717) is 22.4 Å². The van der Waals surface area contributed by atoms with E-state index in [2.05, 4.69) is 9.97 Å². The number of nitrogens with zero attached hydrogens (tertiary/aromatic N) is 2. The summed E-state index contributed by atoms with van der Waals surface area (Å²) in [5.41, 5.74) is 0.520. The molecule has 0 bridgehead atoms. The van der Waals surface area contributed by atoms with Crippen LogP contribution in [0.15, 0.2) is 12.1 Å². The smallest absolute Gasteiger partial charge is 0.317 e. The molecule has 17 heavy (non-hydrogen) atoms. The summed E-state index contributed by atoms with van der Waals surface area (Å²) in [4.78, 5) is 7.69. The molecular weight excluding hydrogens is 224 g/mol. The van der Waals surface area contributed by atoms with Crippen molar-refractivity contribution >= 4 is 10.9 Å². The summed E-state index contributed by atoms with van der Waals surface area (Å²) < 4.78 is 15.5. The quantitative estimate of drug-likeness (QED) is 0.867. The van der Waals surface area contributed by atoms with E-state index >= 15 is 0 Å². The van der Waals surface area contributed by atoms with Crippen LogP contribution in [0.3, 0.4) is 0 Å². The first-order chi connectivity index (χ1) is 8.21. The molecule has 1 aromatic heterocycles. The topological polar surface area (TPSA) is 73.7 Å². The van der Waals surface area contributed by atoms with Crippen LogP contribution in [-0.2, 0) is 0 Å². The summed E-state index contributed by atoms with van der Waals surface area (Å²) in [6, 6.07) is 3.05. The van der Waals surface area contributed by atoms with Crippen LogP contribution < -0.4 is 14.2 Å². The lowest BCUT2D eigenvalue weighted by molar-refractivity contribution is 0.352. The Labute approximate surface area is 97.8 Å². The van der Waals surface area contributed by atoms with Crippen LogP contribution in [0.25, 0.3) is 10.9 Å². The Bertz CT molecular complexity index is 557. The van der Waals surface area contributed by atoms with Gasteiger partial charge in [0.2, 0.25) is 5.88 Å². The number of benzene rings is 1. The van der Waals surface area contributed by atoms with Gasteiger partial charge < -0.3 is 19.3 Å². The second-order valence-electron chi connectivity index (χ2n) is 3.23. The van der Waals surface area contributed by atoms with Crippen LogP contribution in [0, 0.1) is 0 Å². The van der Waals surface area contributed by atoms with Crippen LogP contribution in [0.2, 0.25) is 0 Å². The van der Waals surface area contributed by atoms with Crippen molar-refractivity contribution in [1.29, 1.82) is 0 Å². The predicted octanol–water partition coefficient (Wildman–Crippen LogP) is 1.36. The summed E-state index contributed by atoms with van der Waals surface area (Å²) >= 11 is 0. The Balaban J connectivity index is 2.86. The maximum Gasteiger partial charge on any atom is 0.317 e. The standard InChI is InChI=1S/C11H12N2O4/c1-15-7-5-4-6-8(9(7)16-2)10(17-3)13-11(14)12-6/h4-5H,1-3H3,(H,12,13,14). The third kappa shape index (κ3) is 1.77. The zero-order valence-corrected chi connectivity index (χ0v) is 9.72. The van der Waals surface area contributed by atoms with Crippen LogP contribution in [-0.4, -0.2) is 36.4 Å². The summed E-state index contributed by atoms with van der Waals surface area (Å²) in [5, 5.41) is 9.92. The van der Waals surface area contributed by atoms with Crippen molar-refractivity contribution in [3.63, 3.8) is 0 Å². The third-order valence-electron chi connectivity index (χ3n) is 2.35. The molecule has 0 spiro atoms. The highest BCUT2D eigenvalue weighted by molar-refractivity contribution is 5.92. The molecule has 0 atom stereocenters. The lowest BCUT2D eigenvalue weighted by atomic mass is 10.2. The number of hydrogen-bond acceptors (Lipinski definition) is 6. The van der Waals surface area contributed by atoms with Gasteiger partial charge in [-0.3, -0.25) is 0 Å². The zero-order chi connectivity index (χ0) is 12.4. The molecule has 0 saturated heterocycles. The van der Waals surface area contributed by atoms with E-state index in [-0.39, 0.29) is 11.9 Å². The van der Waals surface area contributed by atoms with E-state index in [0.717, 1.165) is 0 Å². The molecule has 0 unspecified atom stereocenters. The van der Waals surface area contributed by atoms with Gasteiger partial charge in [0, 0.05) is 0 Å². The molecule has 0 amide bonds. The van der Waals surface area contributed by atoms with Gasteiger partial charge in [0.15, 0.2) is 11.5 Å². The molecule has 2 aromatic rings. The van der Waals surface area contributed by atoms with Crippen LogP contribution in [0.5, 0.6) is 23.4 Å². The first-order valence-electron chi connectivity index (χ1n) is 4.87. The van der Waals surface area contributed by atoms with Gasteiger partial charge in [-0.25, -0.2) is 0 Å². The van der Waals surface area contributed by atoms with E-state index in [1.165, 1.54) is 21.3 Å². The predicted molar refractivity (Wildman–Crippen MR) is 60.9 cm³/mol. The molecule has 2 rings (SSSR count). The summed E-state index contributed by atoms with van der Waals surface area (Å²) in [5.74, 6) is 1.26. The number of ether oxygens (including phenoxy) is 3. The van der Waals surface area contributed by atoms with Gasteiger partial charge in [-0.05, 0) is 12.1 Å². The fourth-order valence-electron chi connectivity index (χ4n) is 1.64. The largest absolute Gasteiger partial charge is 0.493 e. The maximum absolute atomic E-state index is 9.36. The van der Waals surface area contributed by atoms with Crippen molar-refractivity contribution < 1.29 is 19.3 Å². The van der Waals surface area contributed by atoms with E-state index in [4.69, 9.17) is 14.2 Å². The number of rotatable bonds is 3. The minimum atomic E-state index is -0.346. The Kier molecular flexibility index (Phi) is 2.86. The summed E-state index contributed by atoms with van der Waals surface area (Å²) in [6.45, 7) is 0. The van der Waals surface area contributed by atoms with Gasteiger partial charge in [0.25, 0.3) is 0 Å². The molecule has 6 heteroatoms. The fourth-order valence-corrected chi connectivity index (χ4v) is 1.64. The number of aromatic nitrogens is 2. The van der Waals surface area contributed by atoms with Gasteiger partial charge in [0.1, 0.15) is 5.39 Å². The fraction of sp³-hybridized carbons (Fsp3) is 0.273. The van der Waals surface area contributed by atoms with Crippen molar-refractivity contribution in [1.82, 2.24) is 9.97 Å². The monoisotopic (exact) mass is 236 g/mol. The SMILES string of the molecule is COc1ccc2nc(O)nc(OC)c2c1OC. The Morgan fingerprint density at radius 3 is 2.35 bits per heavy atom. The van der Waals surface area contributed by atoms with E-state index in [1.807, 2.05) is 0 Å². The molecule has 1 aromatic carbocycles. The molecule has 1 heterocycles.